The van der Waals surface area contributed by atoms with E-state index in [1.807, 2.05) is 30.3 Å². The average molecular weight is 353 g/mol. The van der Waals surface area contributed by atoms with E-state index in [1.165, 1.54) is 21.6 Å². The van der Waals surface area contributed by atoms with Gasteiger partial charge in [-0.15, -0.1) is 0 Å². The molecule has 1 atom stereocenters. The number of carbonyl (C=O) groups excluding carboxylic acids is 2. The van der Waals surface area contributed by atoms with Crippen LogP contribution in [0, 0.1) is 0 Å². The quantitative estimate of drug-likeness (QED) is 0.464. The van der Waals surface area contributed by atoms with Gasteiger partial charge in [0.15, 0.2) is 0 Å². The fourth-order valence-electron chi connectivity index (χ4n) is 1.35. The maximum Gasteiger partial charge on any atom is 0.471 e. The number of amides is 1. The molecule has 0 aliphatic rings. The fraction of sp³-hybridized carbons (Fsp3) is 0.385. The molecule has 0 aliphatic carbocycles. The summed E-state index contributed by atoms with van der Waals surface area (Å²) in [7, 11) is 3.61. The highest BCUT2D eigenvalue weighted by atomic mass is 33.1. The number of hydrogen-bond acceptors (Lipinski definition) is 5. The van der Waals surface area contributed by atoms with Gasteiger partial charge in [0.25, 0.3) is 0 Å². The van der Waals surface area contributed by atoms with Crippen molar-refractivity contribution in [3.8, 4) is 0 Å². The molecule has 1 aromatic rings. The van der Waals surface area contributed by atoms with Crippen molar-refractivity contribution in [3.05, 3.63) is 35.9 Å². The van der Waals surface area contributed by atoms with Crippen LogP contribution in [0.25, 0.3) is 0 Å². The molecule has 22 heavy (non-hydrogen) atoms. The Labute approximate surface area is 133 Å². The number of benzene rings is 1. The van der Waals surface area contributed by atoms with Crippen molar-refractivity contribution >= 4 is 33.5 Å². The van der Waals surface area contributed by atoms with Crippen LogP contribution in [0.15, 0.2) is 30.3 Å². The second-order valence-electron chi connectivity index (χ2n) is 4.08. The number of esters is 1. The van der Waals surface area contributed by atoms with Crippen LogP contribution in [0.4, 0.5) is 13.2 Å². The topological polar surface area (TPSA) is 55.4 Å². The number of carbonyl (C=O) groups is 2. The lowest BCUT2D eigenvalue weighted by Crippen LogP contribution is -2.48. The Balaban J connectivity index is 2.45. The van der Waals surface area contributed by atoms with Gasteiger partial charge in [-0.2, -0.15) is 13.2 Å². The number of rotatable bonds is 7. The fourth-order valence-corrected chi connectivity index (χ4v) is 3.57. The van der Waals surface area contributed by atoms with E-state index in [0.717, 1.165) is 12.7 Å². The van der Waals surface area contributed by atoms with E-state index >= 15 is 0 Å². The van der Waals surface area contributed by atoms with Gasteiger partial charge in [0.2, 0.25) is 0 Å². The third kappa shape index (κ3) is 6.61. The molecule has 0 saturated heterocycles. The number of ether oxygens (including phenoxy) is 1. The predicted molar refractivity (Wildman–Crippen MR) is 80.2 cm³/mol. The highest BCUT2D eigenvalue weighted by Crippen LogP contribution is 2.27. The van der Waals surface area contributed by atoms with Crippen LogP contribution >= 0.6 is 21.6 Å². The first-order valence-corrected chi connectivity index (χ1v) is 8.57. The molecule has 0 saturated carbocycles. The molecule has 0 heterocycles. The maximum atomic E-state index is 12.2. The van der Waals surface area contributed by atoms with Crippen LogP contribution in [0.2, 0.25) is 0 Å². The average Bonchev–Trinajstić information content (AvgIpc) is 2.49. The SMILES string of the molecule is COC(=O)[C@H](CSSCc1ccccc1)NC(=O)C(F)(F)F. The second kappa shape index (κ2) is 8.94. The van der Waals surface area contributed by atoms with Crippen molar-refractivity contribution in [2.75, 3.05) is 12.9 Å². The van der Waals surface area contributed by atoms with Gasteiger partial charge in [0.1, 0.15) is 6.04 Å². The minimum Gasteiger partial charge on any atom is -0.467 e. The number of alkyl halides is 3. The lowest BCUT2D eigenvalue weighted by Gasteiger charge is -2.16. The molecule has 1 N–H and O–H groups in total. The van der Waals surface area contributed by atoms with Crippen molar-refractivity contribution in [2.45, 2.75) is 18.0 Å². The Hall–Kier alpha value is -1.35. The van der Waals surface area contributed by atoms with Crippen LogP contribution in [0.3, 0.4) is 0 Å². The first-order valence-electron chi connectivity index (χ1n) is 6.08. The Morgan fingerprint density at radius 2 is 1.86 bits per heavy atom. The predicted octanol–water partition coefficient (Wildman–Crippen LogP) is 2.79. The van der Waals surface area contributed by atoms with Gasteiger partial charge in [0, 0.05) is 11.5 Å². The molecule has 0 radical (unpaired) electrons. The lowest BCUT2D eigenvalue weighted by atomic mass is 10.2. The van der Waals surface area contributed by atoms with Gasteiger partial charge in [-0.05, 0) is 5.56 Å². The summed E-state index contributed by atoms with van der Waals surface area (Å²) in [5.74, 6) is -2.46. The van der Waals surface area contributed by atoms with Crippen molar-refractivity contribution in [2.24, 2.45) is 0 Å². The van der Waals surface area contributed by atoms with Gasteiger partial charge >= 0.3 is 18.1 Å². The third-order valence-electron chi connectivity index (χ3n) is 2.43. The van der Waals surface area contributed by atoms with Crippen molar-refractivity contribution in [3.63, 3.8) is 0 Å². The van der Waals surface area contributed by atoms with E-state index in [9.17, 15) is 22.8 Å². The highest BCUT2D eigenvalue weighted by molar-refractivity contribution is 8.76. The Morgan fingerprint density at radius 1 is 1.23 bits per heavy atom. The van der Waals surface area contributed by atoms with Crippen molar-refractivity contribution in [1.82, 2.24) is 5.32 Å². The summed E-state index contributed by atoms with van der Waals surface area (Å²) in [6.45, 7) is 0. The minimum atomic E-state index is -5.03. The number of hydrogen-bond donors (Lipinski definition) is 1. The third-order valence-corrected chi connectivity index (χ3v) is 4.78. The zero-order chi connectivity index (χ0) is 16.6. The van der Waals surface area contributed by atoms with Crippen LogP contribution in [0.5, 0.6) is 0 Å². The van der Waals surface area contributed by atoms with E-state index in [0.29, 0.717) is 5.75 Å². The Bertz CT molecular complexity index is 497. The summed E-state index contributed by atoms with van der Waals surface area (Å²) >= 11 is 0. The van der Waals surface area contributed by atoms with E-state index in [1.54, 1.807) is 5.32 Å². The molecule has 122 valence electrons. The van der Waals surface area contributed by atoms with Crippen LogP contribution < -0.4 is 5.32 Å². The van der Waals surface area contributed by atoms with E-state index in [4.69, 9.17) is 0 Å². The first-order chi connectivity index (χ1) is 10.3. The maximum absolute atomic E-state index is 12.2. The van der Waals surface area contributed by atoms with E-state index in [-0.39, 0.29) is 5.75 Å². The molecule has 9 heteroatoms. The molecule has 0 unspecified atom stereocenters. The standard InChI is InChI=1S/C13H14F3NO3S2/c1-20-11(18)10(17-12(19)13(14,15)16)8-22-21-7-9-5-3-2-4-6-9/h2-6,10H,7-8H2,1H3,(H,17,19)/t10-/m0/s1. The summed E-state index contributed by atoms with van der Waals surface area (Å²) in [5, 5.41) is 1.63. The minimum absolute atomic E-state index is 0.0218. The number of halogens is 3. The van der Waals surface area contributed by atoms with Crippen LogP contribution in [-0.4, -0.2) is 37.0 Å². The van der Waals surface area contributed by atoms with Gasteiger partial charge < -0.3 is 10.1 Å². The number of nitrogens with one attached hydrogen (secondary N) is 1. The molecular formula is C13H14F3NO3S2. The molecular weight excluding hydrogens is 339 g/mol. The van der Waals surface area contributed by atoms with Gasteiger partial charge in [-0.25, -0.2) is 4.79 Å². The summed E-state index contributed by atoms with van der Waals surface area (Å²) in [6.07, 6.45) is -5.03. The number of methoxy groups -OCH3 is 1. The van der Waals surface area contributed by atoms with Gasteiger partial charge in [-0.3, -0.25) is 4.79 Å². The summed E-state index contributed by atoms with van der Waals surface area (Å²) in [5.41, 5.74) is 1.05. The highest BCUT2D eigenvalue weighted by Gasteiger charge is 2.41. The van der Waals surface area contributed by atoms with Gasteiger partial charge in [0.05, 0.1) is 7.11 Å². The van der Waals surface area contributed by atoms with E-state index < -0.39 is 24.1 Å². The molecule has 0 aromatic heterocycles. The molecule has 4 nitrogen and oxygen atoms in total. The lowest BCUT2D eigenvalue weighted by molar-refractivity contribution is -0.175. The van der Waals surface area contributed by atoms with Crippen LogP contribution in [-0.2, 0) is 20.1 Å². The largest absolute Gasteiger partial charge is 0.471 e. The van der Waals surface area contributed by atoms with E-state index in [2.05, 4.69) is 4.74 Å². The summed E-state index contributed by atoms with van der Waals surface area (Å²) in [4.78, 5) is 22.3. The molecule has 0 spiro atoms. The zero-order valence-electron chi connectivity index (χ0n) is 11.6. The monoisotopic (exact) mass is 353 g/mol. The molecule has 0 bridgehead atoms. The van der Waals surface area contributed by atoms with Crippen LogP contribution in [0.1, 0.15) is 5.56 Å². The molecule has 1 rings (SSSR count). The molecule has 0 fully saturated rings. The summed E-state index contributed by atoms with van der Waals surface area (Å²) < 4.78 is 41.0. The molecule has 1 amide bonds. The molecule has 0 aliphatic heterocycles. The zero-order valence-corrected chi connectivity index (χ0v) is 13.2. The smallest absolute Gasteiger partial charge is 0.467 e. The van der Waals surface area contributed by atoms with Crippen molar-refractivity contribution in [1.29, 1.82) is 0 Å². The summed E-state index contributed by atoms with van der Waals surface area (Å²) in [6, 6.07) is 8.12. The molecule has 1 aromatic carbocycles. The van der Waals surface area contributed by atoms with Gasteiger partial charge in [-0.1, -0.05) is 51.9 Å². The first kappa shape index (κ1) is 18.7. The van der Waals surface area contributed by atoms with Crippen molar-refractivity contribution < 1.29 is 27.5 Å². The Kier molecular flexibility index (Phi) is 7.60. The Morgan fingerprint density at radius 3 is 2.41 bits per heavy atom. The normalized spacial score (nSPS) is 12.5. The second-order valence-corrected chi connectivity index (χ2v) is 6.59.